The fourth-order valence-electron chi connectivity index (χ4n) is 2.02. The highest BCUT2D eigenvalue weighted by molar-refractivity contribution is 6.31. The van der Waals surface area contributed by atoms with Gasteiger partial charge in [0.1, 0.15) is 5.52 Å². The second kappa shape index (κ2) is 4.45. The molecule has 3 aromatic rings. The summed E-state index contributed by atoms with van der Waals surface area (Å²) in [5, 5.41) is 0.521. The number of rotatable bonds is 1. The molecular formula is C14H9ClF2N2O. The standard InChI is InChI=1S/C14H9ClF2N2O/c1-6-2-7(15)3-12-13(6)20-14(19-12)8-4-9(16)10(17)5-11(8)18/h2-5H,18H2,1H3. The van der Waals surface area contributed by atoms with Crippen LogP contribution in [0.2, 0.25) is 5.02 Å². The van der Waals surface area contributed by atoms with Crippen LogP contribution in [0.5, 0.6) is 0 Å². The van der Waals surface area contributed by atoms with Crippen LogP contribution in [-0.2, 0) is 0 Å². The van der Waals surface area contributed by atoms with Crippen LogP contribution in [0.4, 0.5) is 14.5 Å². The minimum Gasteiger partial charge on any atom is -0.436 e. The molecule has 0 aliphatic rings. The summed E-state index contributed by atoms with van der Waals surface area (Å²) in [4.78, 5) is 4.22. The molecule has 3 rings (SSSR count). The van der Waals surface area contributed by atoms with E-state index in [1.165, 1.54) is 0 Å². The van der Waals surface area contributed by atoms with E-state index in [0.717, 1.165) is 17.7 Å². The van der Waals surface area contributed by atoms with E-state index in [4.69, 9.17) is 21.8 Å². The molecule has 0 saturated heterocycles. The van der Waals surface area contributed by atoms with Crippen molar-refractivity contribution >= 4 is 28.4 Å². The average Bonchev–Trinajstić information content (AvgIpc) is 2.77. The first-order valence-corrected chi connectivity index (χ1v) is 6.15. The molecule has 6 heteroatoms. The van der Waals surface area contributed by atoms with Crippen LogP contribution in [0.3, 0.4) is 0 Å². The number of nitrogens with two attached hydrogens (primary N) is 1. The Hall–Kier alpha value is -2.14. The van der Waals surface area contributed by atoms with Gasteiger partial charge in [0.05, 0.1) is 5.56 Å². The first-order valence-electron chi connectivity index (χ1n) is 5.77. The molecular weight excluding hydrogens is 286 g/mol. The predicted octanol–water partition coefficient (Wildman–Crippen LogP) is 4.32. The Balaban J connectivity index is 2.25. The number of hydrogen-bond donors (Lipinski definition) is 1. The summed E-state index contributed by atoms with van der Waals surface area (Å²) in [5.74, 6) is -1.89. The Morgan fingerprint density at radius 3 is 2.60 bits per heavy atom. The van der Waals surface area contributed by atoms with Crippen molar-refractivity contribution in [1.82, 2.24) is 4.98 Å². The molecule has 3 nitrogen and oxygen atoms in total. The normalized spacial score (nSPS) is 11.2. The molecule has 0 radical (unpaired) electrons. The van der Waals surface area contributed by atoms with Crippen molar-refractivity contribution < 1.29 is 13.2 Å². The molecule has 0 atom stereocenters. The van der Waals surface area contributed by atoms with E-state index in [1.54, 1.807) is 12.1 Å². The van der Waals surface area contributed by atoms with Crippen LogP contribution in [0.25, 0.3) is 22.6 Å². The molecule has 0 spiro atoms. The van der Waals surface area contributed by atoms with Gasteiger partial charge in [-0.3, -0.25) is 0 Å². The quantitative estimate of drug-likeness (QED) is 0.680. The Bertz CT molecular complexity index is 830. The first kappa shape index (κ1) is 12.9. The third-order valence-electron chi connectivity index (χ3n) is 2.96. The van der Waals surface area contributed by atoms with Gasteiger partial charge in [-0.15, -0.1) is 0 Å². The van der Waals surface area contributed by atoms with Crippen molar-refractivity contribution in [3.63, 3.8) is 0 Å². The van der Waals surface area contributed by atoms with Gasteiger partial charge in [-0.2, -0.15) is 0 Å². The monoisotopic (exact) mass is 294 g/mol. The van der Waals surface area contributed by atoms with Crippen molar-refractivity contribution in [2.75, 3.05) is 5.73 Å². The minimum atomic E-state index is -1.01. The predicted molar refractivity (Wildman–Crippen MR) is 73.5 cm³/mol. The molecule has 1 aromatic heterocycles. The minimum absolute atomic E-state index is 0.0548. The Morgan fingerprint density at radius 1 is 1.15 bits per heavy atom. The molecule has 0 saturated carbocycles. The summed E-state index contributed by atoms with van der Waals surface area (Å²) >= 11 is 5.94. The number of anilines is 1. The van der Waals surface area contributed by atoms with Gasteiger partial charge in [0.15, 0.2) is 17.2 Å². The highest BCUT2D eigenvalue weighted by atomic mass is 35.5. The Morgan fingerprint density at radius 2 is 1.85 bits per heavy atom. The number of halogens is 3. The van der Waals surface area contributed by atoms with Crippen molar-refractivity contribution in [2.24, 2.45) is 0 Å². The zero-order valence-electron chi connectivity index (χ0n) is 10.4. The topological polar surface area (TPSA) is 52.0 Å². The maximum absolute atomic E-state index is 13.3. The fraction of sp³-hybridized carbons (Fsp3) is 0.0714. The van der Waals surface area contributed by atoms with E-state index in [2.05, 4.69) is 4.98 Å². The van der Waals surface area contributed by atoms with Gasteiger partial charge in [-0.25, -0.2) is 13.8 Å². The lowest BCUT2D eigenvalue weighted by molar-refractivity contribution is 0.508. The van der Waals surface area contributed by atoms with E-state index in [9.17, 15) is 8.78 Å². The molecule has 1 heterocycles. The summed E-state index contributed by atoms with van der Waals surface area (Å²) in [6.45, 7) is 1.82. The summed E-state index contributed by atoms with van der Waals surface area (Å²) < 4.78 is 32.0. The van der Waals surface area contributed by atoms with E-state index in [-0.39, 0.29) is 17.1 Å². The van der Waals surface area contributed by atoms with Crippen molar-refractivity contribution in [2.45, 2.75) is 6.92 Å². The number of hydrogen-bond acceptors (Lipinski definition) is 3. The number of nitrogen functional groups attached to an aromatic ring is 1. The number of benzene rings is 2. The highest BCUT2D eigenvalue weighted by Crippen LogP contribution is 2.32. The van der Waals surface area contributed by atoms with E-state index >= 15 is 0 Å². The summed E-state index contributed by atoms with van der Waals surface area (Å²) in [6, 6.07) is 5.23. The van der Waals surface area contributed by atoms with Gasteiger partial charge in [0, 0.05) is 16.8 Å². The van der Waals surface area contributed by atoms with Crippen molar-refractivity contribution in [3.8, 4) is 11.5 Å². The van der Waals surface area contributed by atoms with Crippen molar-refractivity contribution in [1.29, 1.82) is 0 Å². The van der Waals surface area contributed by atoms with Crippen LogP contribution in [-0.4, -0.2) is 4.98 Å². The highest BCUT2D eigenvalue weighted by Gasteiger charge is 2.16. The van der Waals surface area contributed by atoms with Gasteiger partial charge in [-0.1, -0.05) is 11.6 Å². The van der Waals surface area contributed by atoms with Crippen LogP contribution in [0, 0.1) is 18.6 Å². The summed E-state index contributed by atoms with van der Waals surface area (Å²) in [6.07, 6.45) is 0. The maximum atomic E-state index is 13.3. The van der Waals surface area contributed by atoms with E-state index < -0.39 is 11.6 Å². The number of fused-ring (bicyclic) bond motifs is 1. The van der Waals surface area contributed by atoms with Crippen LogP contribution < -0.4 is 5.73 Å². The lowest BCUT2D eigenvalue weighted by Crippen LogP contribution is -1.94. The number of aryl methyl sites for hydroxylation is 1. The van der Waals surface area contributed by atoms with Gasteiger partial charge in [0.25, 0.3) is 0 Å². The fourth-order valence-corrected chi connectivity index (χ4v) is 2.29. The van der Waals surface area contributed by atoms with Gasteiger partial charge in [0.2, 0.25) is 5.89 Å². The molecule has 102 valence electrons. The number of nitrogens with zero attached hydrogens (tertiary/aromatic N) is 1. The largest absolute Gasteiger partial charge is 0.436 e. The van der Waals surface area contributed by atoms with E-state index in [1.807, 2.05) is 6.92 Å². The summed E-state index contributed by atoms with van der Waals surface area (Å²) in [5.41, 5.74) is 7.81. The Labute approximate surface area is 118 Å². The average molecular weight is 295 g/mol. The summed E-state index contributed by atoms with van der Waals surface area (Å²) in [7, 11) is 0. The lowest BCUT2D eigenvalue weighted by atomic mass is 10.1. The zero-order valence-corrected chi connectivity index (χ0v) is 11.1. The molecule has 0 aliphatic carbocycles. The SMILES string of the molecule is Cc1cc(Cl)cc2nc(-c3cc(F)c(F)cc3N)oc12. The third-order valence-corrected chi connectivity index (χ3v) is 3.18. The molecule has 0 fully saturated rings. The number of oxazole rings is 1. The third kappa shape index (κ3) is 2.00. The van der Waals surface area contributed by atoms with Gasteiger partial charge in [-0.05, 0) is 30.7 Å². The second-order valence-electron chi connectivity index (χ2n) is 4.44. The van der Waals surface area contributed by atoms with Gasteiger partial charge >= 0.3 is 0 Å². The van der Waals surface area contributed by atoms with Crippen LogP contribution >= 0.6 is 11.6 Å². The molecule has 2 N–H and O–H groups in total. The molecule has 20 heavy (non-hydrogen) atoms. The smallest absolute Gasteiger partial charge is 0.229 e. The number of aromatic nitrogens is 1. The van der Waals surface area contributed by atoms with Crippen molar-refractivity contribution in [3.05, 3.63) is 46.5 Å². The molecule has 0 aliphatic heterocycles. The second-order valence-corrected chi connectivity index (χ2v) is 4.88. The molecule has 0 bridgehead atoms. The Kier molecular flexibility index (Phi) is 2.87. The molecule has 2 aromatic carbocycles. The van der Waals surface area contributed by atoms with Gasteiger partial charge < -0.3 is 10.2 Å². The maximum Gasteiger partial charge on any atom is 0.229 e. The van der Waals surface area contributed by atoms with Crippen LogP contribution in [0.1, 0.15) is 5.56 Å². The van der Waals surface area contributed by atoms with E-state index in [0.29, 0.717) is 16.1 Å². The molecule has 0 amide bonds. The van der Waals surface area contributed by atoms with Crippen LogP contribution in [0.15, 0.2) is 28.7 Å². The lowest BCUT2D eigenvalue weighted by Gasteiger charge is -2.02. The molecule has 0 unspecified atom stereocenters. The first-order chi connectivity index (χ1) is 9.45. The zero-order chi connectivity index (χ0) is 14.4.